The van der Waals surface area contributed by atoms with Crippen molar-refractivity contribution < 1.29 is 8.91 Å². The summed E-state index contributed by atoms with van der Waals surface area (Å²) in [4.78, 5) is 21.1. The summed E-state index contributed by atoms with van der Waals surface area (Å²) in [5, 5.41) is 4.70. The number of halogens is 1. The fraction of sp³-hybridized carbons (Fsp3) is 0.250. The first-order valence-corrected chi connectivity index (χ1v) is 8.54. The quantitative estimate of drug-likeness (QED) is 0.665. The maximum Gasteiger partial charge on any atom is 0.267 e. The number of hydrogen-bond acceptors (Lipinski definition) is 6. The molecule has 1 aliphatic carbocycles. The fourth-order valence-electron chi connectivity index (χ4n) is 3.16. The second kappa shape index (κ2) is 5.01. The smallest absolute Gasteiger partial charge is 0.267 e. The highest BCUT2D eigenvalue weighted by molar-refractivity contribution is 7.99. The Labute approximate surface area is 139 Å². The summed E-state index contributed by atoms with van der Waals surface area (Å²) >= 11 is 1.55. The summed E-state index contributed by atoms with van der Waals surface area (Å²) in [5.74, 6) is 1.11. The Bertz CT molecular complexity index is 1030. The molecule has 0 saturated carbocycles. The topological polar surface area (TPSA) is 73.8 Å². The molecule has 0 amide bonds. The third-order valence-electron chi connectivity index (χ3n) is 4.45. The van der Waals surface area contributed by atoms with Gasteiger partial charge in [-0.1, -0.05) is 23.0 Å². The van der Waals surface area contributed by atoms with Gasteiger partial charge in [0, 0.05) is 18.5 Å². The van der Waals surface area contributed by atoms with E-state index in [9.17, 15) is 9.18 Å². The van der Waals surface area contributed by atoms with E-state index < -0.39 is 0 Å². The number of rotatable bonds is 2. The van der Waals surface area contributed by atoms with Gasteiger partial charge in [0.1, 0.15) is 11.4 Å². The molecule has 6 nitrogen and oxygen atoms in total. The number of nitrogens with zero attached hydrogens (tertiary/aromatic N) is 4. The molecule has 1 aliphatic heterocycles. The molecule has 3 heterocycles. The maximum atomic E-state index is 13.4. The van der Waals surface area contributed by atoms with Gasteiger partial charge in [-0.3, -0.25) is 9.36 Å². The van der Waals surface area contributed by atoms with Crippen LogP contribution in [0, 0.1) is 5.82 Å². The van der Waals surface area contributed by atoms with Gasteiger partial charge in [0.2, 0.25) is 0 Å². The highest BCUT2D eigenvalue weighted by Gasteiger charge is 2.32. The van der Waals surface area contributed by atoms with Gasteiger partial charge in [-0.15, -0.1) is 0 Å². The average molecular weight is 342 g/mol. The van der Waals surface area contributed by atoms with Crippen LogP contribution in [0.2, 0.25) is 0 Å². The lowest BCUT2D eigenvalue weighted by Gasteiger charge is -2.27. The van der Waals surface area contributed by atoms with E-state index in [1.165, 1.54) is 18.3 Å². The number of thioether (sulfide) groups is 1. The van der Waals surface area contributed by atoms with Gasteiger partial charge < -0.3 is 4.52 Å². The van der Waals surface area contributed by atoms with Crippen LogP contribution in [0.4, 0.5) is 4.39 Å². The van der Waals surface area contributed by atoms with Crippen molar-refractivity contribution >= 4 is 11.8 Å². The first kappa shape index (κ1) is 13.9. The molecular weight excluding hydrogens is 331 g/mol. The number of hydrogen-bond donors (Lipinski definition) is 0. The minimum Gasteiger partial charge on any atom is -0.334 e. The summed E-state index contributed by atoms with van der Waals surface area (Å²) in [7, 11) is 0. The molecule has 3 aromatic rings. The van der Waals surface area contributed by atoms with Crippen molar-refractivity contribution in [1.29, 1.82) is 0 Å². The van der Waals surface area contributed by atoms with Crippen LogP contribution < -0.4 is 5.56 Å². The van der Waals surface area contributed by atoms with E-state index in [1.54, 1.807) is 22.4 Å². The van der Waals surface area contributed by atoms with Crippen molar-refractivity contribution in [3.05, 3.63) is 57.5 Å². The fourth-order valence-corrected chi connectivity index (χ4v) is 4.07. The van der Waals surface area contributed by atoms with E-state index in [2.05, 4.69) is 15.1 Å². The zero-order valence-electron chi connectivity index (χ0n) is 12.4. The minimum atomic E-state index is -0.277. The molecule has 8 heteroatoms. The molecule has 0 radical (unpaired) electrons. The molecule has 120 valence electrons. The molecular formula is C16H11FN4O2S. The van der Waals surface area contributed by atoms with Crippen molar-refractivity contribution in [2.45, 2.75) is 24.0 Å². The Kier molecular flexibility index (Phi) is 2.90. The van der Waals surface area contributed by atoms with Gasteiger partial charge in [0.05, 0.1) is 5.92 Å². The normalized spacial score (nSPS) is 18.1. The molecule has 5 rings (SSSR count). The standard InChI is InChI=1S/C16H11FN4O2S/c17-9-2-1-8-5-11(10(8)6-9)13-19-14(23-20-13)12-7-18-16-21(15(12)22)3-4-24-16/h1-2,6-7,11H,3-5H2. The lowest BCUT2D eigenvalue weighted by Crippen LogP contribution is -2.22. The molecule has 1 unspecified atom stereocenters. The van der Waals surface area contributed by atoms with Gasteiger partial charge in [-0.2, -0.15) is 4.98 Å². The maximum absolute atomic E-state index is 13.4. The second-order valence-electron chi connectivity index (χ2n) is 5.82. The van der Waals surface area contributed by atoms with Gasteiger partial charge >= 0.3 is 0 Å². The molecule has 0 saturated heterocycles. The lowest BCUT2D eigenvalue weighted by atomic mass is 9.77. The van der Waals surface area contributed by atoms with Gasteiger partial charge in [-0.05, 0) is 29.7 Å². The molecule has 0 bridgehead atoms. The van der Waals surface area contributed by atoms with Crippen molar-refractivity contribution in [1.82, 2.24) is 19.7 Å². The Balaban J connectivity index is 1.52. The van der Waals surface area contributed by atoms with Crippen LogP contribution in [0.5, 0.6) is 0 Å². The van der Waals surface area contributed by atoms with Crippen molar-refractivity contribution in [3.8, 4) is 11.5 Å². The number of benzene rings is 1. The van der Waals surface area contributed by atoms with Crippen molar-refractivity contribution in [2.75, 3.05) is 5.75 Å². The zero-order chi connectivity index (χ0) is 16.3. The van der Waals surface area contributed by atoms with E-state index in [0.29, 0.717) is 23.1 Å². The first-order chi connectivity index (χ1) is 11.7. The highest BCUT2D eigenvalue weighted by atomic mass is 32.2. The summed E-state index contributed by atoms with van der Waals surface area (Å²) in [5.41, 5.74) is 2.10. The monoisotopic (exact) mass is 342 g/mol. The highest BCUT2D eigenvalue weighted by Crippen LogP contribution is 2.39. The lowest BCUT2D eigenvalue weighted by molar-refractivity contribution is 0.414. The van der Waals surface area contributed by atoms with E-state index >= 15 is 0 Å². The molecule has 1 aromatic carbocycles. The van der Waals surface area contributed by atoms with Gasteiger partial charge in [-0.25, -0.2) is 9.37 Å². The number of fused-ring (bicyclic) bond motifs is 2. The predicted octanol–water partition coefficient (Wildman–Crippen LogP) is 2.23. The summed E-state index contributed by atoms with van der Waals surface area (Å²) < 4.78 is 20.3. The van der Waals surface area contributed by atoms with Crippen molar-refractivity contribution in [2.24, 2.45) is 0 Å². The van der Waals surface area contributed by atoms with Crippen LogP contribution in [0.25, 0.3) is 11.5 Å². The van der Waals surface area contributed by atoms with Crippen LogP contribution in [-0.2, 0) is 13.0 Å². The van der Waals surface area contributed by atoms with Gasteiger partial charge in [0.15, 0.2) is 11.0 Å². The van der Waals surface area contributed by atoms with E-state index in [-0.39, 0.29) is 23.2 Å². The molecule has 0 N–H and O–H groups in total. The largest absolute Gasteiger partial charge is 0.334 e. The van der Waals surface area contributed by atoms with Crippen molar-refractivity contribution in [3.63, 3.8) is 0 Å². The van der Waals surface area contributed by atoms with Crippen LogP contribution in [0.1, 0.15) is 22.9 Å². The average Bonchev–Trinajstić information content (AvgIpc) is 3.20. The third kappa shape index (κ3) is 1.96. The van der Waals surface area contributed by atoms with Gasteiger partial charge in [0.25, 0.3) is 11.4 Å². The summed E-state index contributed by atoms with van der Waals surface area (Å²) in [6.07, 6.45) is 2.23. The Hall–Kier alpha value is -2.48. The first-order valence-electron chi connectivity index (χ1n) is 7.55. The van der Waals surface area contributed by atoms with Crippen LogP contribution in [0.15, 0.2) is 38.9 Å². The second-order valence-corrected chi connectivity index (χ2v) is 6.88. The van der Waals surface area contributed by atoms with E-state index in [4.69, 9.17) is 4.52 Å². The zero-order valence-corrected chi connectivity index (χ0v) is 13.2. The van der Waals surface area contributed by atoms with E-state index in [0.717, 1.165) is 23.3 Å². The van der Waals surface area contributed by atoms with Crippen LogP contribution >= 0.6 is 11.8 Å². The Morgan fingerprint density at radius 3 is 3.21 bits per heavy atom. The Morgan fingerprint density at radius 1 is 1.38 bits per heavy atom. The summed E-state index contributed by atoms with van der Waals surface area (Å²) in [6.45, 7) is 0.635. The SMILES string of the molecule is O=c1c(-c2nc(C3Cc4ccc(F)cc43)no2)cnc2n1CCS2. The van der Waals surface area contributed by atoms with Crippen LogP contribution in [0.3, 0.4) is 0 Å². The Morgan fingerprint density at radius 2 is 2.29 bits per heavy atom. The molecule has 2 aromatic heterocycles. The molecule has 24 heavy (non-hydrogen) atoms. The molecule has 2 aliphatic rings. The number of aromatic nitrogens is 4. The summed E-state index contributed by atoms with van der Waals surface area (Å²) in [6, 6.07) is 4.73. The molecule has 0 fully saturated rings. The van der Waals surface area contributed by atoms with Crippen LogP contribution in [-0.4, -0.2) is 25.4 Å². The molecule has 0 spiro atoms. The van der Waals surface area contributed by atoms with E-state index in [1.807, 2.05) is 0 Å². The third-order valence-corrected chi connectivity index (χ3v) is 5.42. The molecule has 1 atom stereocenters. The minimum absolute atomic E-state index is 0.0890. The predicted molar refractivity (Wildman–Crippen MR) is 84.5 cm³/mol.